The van der Waals surface area contributed by atoms with Crippen LogP contribution in [-0.4, -0.2) is 64.2 Å². The molecule has 2 aromatic carbocycles. The van der Waals surface area contributed by atoms with Crippen molar-refractivity contribution in [2.24, 2.45) is 0 Å². The molecule has 0 heterocycles. The molecule has 0 aromatic heterocycles. The Morgan fingerprint density at radius 3 is 2.18 bits per heavy atom. The standard InChI is InChI=1S/C26H35Cl2N3O6S/c1-7-17(3)29-26(33)22(8-2)30(15-18-9-10-19(27)13-21(18)28)25(32)16-31(38(6,34)35)20-11-12-23(36-4)24(14-20)37-5/h9-14,17,22H,7-8,15-16H2,1-6H3,(H,29,33)/t17-,22+/m1/s1. The van der Waals surface area contributed by atoms with Gasteiger partial charge in [-0.2, -0.15) is 0 Å². The molecule has 0 fully saturated rings. The summed E-state index contributed by atoms with van der Waals surface area (Å²) in [5, 5.41) is 3.67. The minimum Gasteiger partial charge on any atom is -0.493 e. The van der Waals surface area contributed by atoms with Gasteiger partial charge in [-0.1, -0.05) is 43.1 Å². The molecule has 1 N–H and O–H groups in total. The summed E-state index contributed by atoms with van der Waals surface area (Å²) in [6.45, 7) is 5.02. The van der Waals surface area contributed by atoms with Gasteiger partial charge in [0, 0.05) is 28.7 Å². The monoisotopic (exact) mass is 587 g/mol. The molecule has 9 nitrogen and oxygen atoms in total. The first-order valence-corrected chi connectivity index (χ1v) is 14.7. The fourth-order valence-electron chi connectivity index (χ4n) is 3.79. The minimum atomic E-state index is -3.91. The van der Waals surface area contributed by atoms with Crippen molar-refractivity contribution in [2.45, 2.75) is 52.2 Å². The first kappa shape index (κ1) is 31.5. The zero-order valence-corrected chi connectivity index (χ0v) is 24.8. The van der Waals surface area contributed by atoms with Crippen LogP contribution >= 0.6 is 23.2 Å². The lowest BCUT2D eigenvalue weighted by Gasteiger charge is -2.33. The smallest absolute Gasteiger partial charge is 0.244 e. The first-order valence-electron chi connectivity index (χ1n) is 12.1. The van der Waals surface area contributed by atoms with Crippen molar-refractivity contribution in [1.82, 2.24) is 10.2 Å². The van der Waals surface area contributed by atoms with Gasteiger partial charge in [0.15, 0.2) is 11.5 Å². The van der Waals surface area contributed by atoms with Crippen LogP contribution in [0.2, 0.25) is 10.0 Å². The Hall–Kier alpha value is -2.69. The van der Waals surface area contributed by atoms with Crippen LogP contribution in [0.3, 0.4) is 0 Å². The van der Waals surface area contributed by atoms with Gasteiger partial charge in [-0.25, -0.2) is 8.42 Å². The third kappa shape index (κ3) is 8.15. The number of rotatable bonds is 13. The number of nitrogens with one attached hydrogen (secondary N) is 1. The zero-order valence-electron chi connectivity index (χ0n) is 22.5. The number of halogens is 2. The van der Waals surface area contributed by atoms with E-state index >= 15 is 0 Å². The van der Waals surface area contributed by atoms with E-state index in [-0.39, 0.29) is 24.2 Å². The summed E-state index contributed by atoms with van der Waals surface area (Å²) in [6, 6.07) is 8.43. The maximum absolute atomic E-state index is 13.8. The van der Waals surface area contributed by atoms with Crippen molar-refractivity contribution in [1.29, 1.82) is 0 Å². The second-order valence-electron chi connectivity index (χ2n) is 8.81. The first-order chi connectivity index (χ1) is 17.9. The number of anilines is 1. The number of carbonyl (C=O) groups excluding carboxylic acids is 2. The van der Waals surface area contributed by atoms with Crippen LogP contribution in [0.4, 0.5) is 5.69 Å². The predicted molar refractivity (Wildman–Crippen MR) is 151 cm³/mol. The van der Waals surface area contributed by atoms with Crippen molar-refractivity contribution in [2.75, 3.05) is 31.3 Å². The lowest BCUT2D eigenvalue weighted by molar-refractivity contribution is -0.140. The molecule has 0 saturated carbocycles. The molecule has 0 spiro atoms. The van der Waals surface area contributed by atoms with Gasteiger partial charge in [0.25, 0.3) is 0 Å². The minimum absolute atomic E-state index is 0.0230. The van der Waals surface area contributed by atoms with Gasteiger partial charge in [-0.05, 0) is 49.6 Å². The fourth-order valence-corrected chi connectivity index (χ4v) is 5.10. The topological polar surface area (TPSA) is 105 Å². The van der Waals surface area contributed by atoms with Gasteiger partial charge in [0.2, 0.25) is 21.8 Å². The van der Waals surface area contributed by atoms with Crippen LogP contribution in [0.1, 0.15) is 39.2 Å². The summed E-state index contributed by atoms with van der Waals surface area (Å²) in [6.07, 6.45) is 2.01. The van der Waals surface area contributed by atoms with E-state index in [1.807, 2.05) is 13.8 Å². The quantitative estimate of drug-likeness (QED) is 0.370. The lowest BCUT2D eigenvalue weighted by atomic mass is 10.1. The van der Waals surface area contributed by atoms with Crippen molar-refractivity contribution in [3.8, 4) is 11.5 Å². The molecule has 38 heavy (non-hydrogen) atoms. The van der Waals surface area contributed by atoms with Crippen LogP contribution in [0, 0.1) is 0 Å². The molecule has 2 rings (SSSR count). The number of carbonyl (C=O) groups is 2. The van der Waals surface area contributed by atoms with E-state index < -0.39 is 28.5 Å². The van der Waals surface area contributed by atoms with Gasteiger partial charge in [-0.3, -0.25) is 13.9 Å². The van der Waals surface area contributed by atoms with Crippen molar-refractivity contribution in [3.63, 3.8) is 0 Å². The molecule has 2 amide bonds. The van der Waals surface area contributed by atoms with Gasteiger partial charge in [0.1, 0.15) is 12.6 Å². The largest absolute Gasteiger partial charge is 0.493 e. The van der Waals surface area contributed by atoms with Crippen molar-refractivity contribution >= 4 is 50.7 Å². The highest BCUT2D eigenvalue weighted by Crippen LogP contribution is 2.32. The molecule has 0 radical (unpaired) electrons. The number of nitrogens with zero attached hydrogens (tertiary/aromatic N) is 2. The van der Waals surface area contributed by atoms with Crippen LogP contribution in [0.15, 0.2) is 36.4 Å². The molecule has 2 atom stereocenters. The van der Waals surface area contributed by atoms with Crippen molar-refractivity contribution in [3.05, 3.63) is 52.0 Å². The highest BCUT2D eigenvalue weighted by atomic mass is 35.5. The number of hydrogen-bond donors (Lipinski definition) is 1. The Morgan fingerprint density at radius 2 is 1.66 bits per heavy atom. The van der Waals surface area contributed by atoms with E-state index in [0.29, 0.717) is 39.9 Å². The average Bonchev–Trinajstić information content (AvgIpc) is 2.86. The molecule has 0 aliphatic rings. The maximum atomic E-state index is 13.8. The summed E-state index contributed by atoms with van der Waals surface area (Å²) in [5.41, 5.74) is 0.774. The van der Waals surface area contributed by atoms with Gasteiger partial charge in [-0.15, -0.1) is 0 Å². The molecule has 0 bridgehead atoms. The lowest BCUT2D eigenvalue weighted by Crippen LogP contribution is -2.53. The number of hydrogen-bond acceptors (Lipinski definition) is 6. The maximum Gasteiger partial charge on any atom is 0.244 e. The van der Waals surface area contributed by atoms with Gasteiger partial charge >= 0.3 is 0 Å². The Labute approximate surface area is 235 Å². The fraction of sp³-hybridized carbons (Fsp3) is 0.462. The summed E-state index contributed by atoms with van der Waals surface area (Å²) in [7, 11) is -1.02. The van der Waals surface area contributed by atoms with Crippen LogP contribution in [-0.2, 0) is 26.2 Å². The molecule has 0 aliphatic carbocycles. The molecule has 2 aromatic rings. The Morgan fingerprint density at radius 1 is 1.00 bits per heavy atom. The Kier molecular flexibility index (Phi) is 11.5. The highest BCUT2D eigenvalue weighted by molar-refractivity contribution is 7.92. The third-order valence-corrected chi connectivity index (χ3v) is 7.80. The number of benzene rings is 2. The molecular weight excluding hydrogens is 553 g/mol. The number of amides is 2. The van der Waals surface area contributed by atoms with E-state index in [9.17, 15) is 18.0 Å². The summed E-state index contributed by atoms with van der Waals surface area (Å²) >= 11 is 12.4. The molecular formula is C26H35Cl2N3O6S. The number of methoxy groups -OCH3 is 2. The summed E-state index contributed by atoms with van der Waals surface area (Å²) in [5.74, 6) is -0.210. The molecule has 0 unspecified atom stereocenters. The summed E-state index contributed by atoms with van der Waals surface area (Å²) in [4.78, 5) is 28.4. The van der Waals surface area contributed by atoms with E-state index in [1.165, 1.54) is 31.3 Å². The van der Waals surface area contributed by atoms with Crippen LogP contribution < -0.4 is 19.1 Å². The predicted octanol–water partition coefficient (Wildman–Crippen LogP) is 4.50. The second-order valence-corrected chi connectivity index (χ2v) is 11.6. The average molecular weight is 589 g/mol. The van der Waals surface area contributed by atoms with E-state index in [0.717, 1.165) is 10.6 Å². The third-order valence-electron chi connectivity index (χ3n) is 6.08. The molecule has 210 valence electrons. The van der Waals surface area contributed by atoms with E-state index in [4.69, 9.17) is 32.7 Å². The van der Waals surface area contributed by atoms with Gasteiger partial charge < -0.3 is 19.7 Å². The summed E-state index contributed by atoms with van der Waals surface area (Å²) < 4.78 is 37.2. The second kappa shape index (κ2) is 13.9. The molecule has 0 aliphatic heterocycles. The number of ether oxygens (including phenoxy) is 2. The highest BCUT2D eigenvalue weighted by Gasteiger charge is 2.32. The Bertz CT molecular complexity index is 1240. The zero-order chi connectivity index (χ0) is 28.6. The van der Waals surface area contributed by atoms with Crippen LogP contribution in [0.25, 0.3) is 0 Å². The Balaban J connectivity index is 2.52. The van der Waals surface area contributed by atoms with E-state index in [1.54, 1.807) is 31.2 Å². The molecule has 12 heteroatoms. The SMILES string of the molecule is CC[C@@H](C)NC(=O)[C@H](CC)N(Cc1ccc(Cl)cc1Cl)C(=O)CN(c1ccc(OC)c(OC)c1)S(C)(=O)=O. The normalized spacial score (nSPS) is 12.8. The van der Waals surface area contributed by atoms with Crippen LogP contribution in [0.5, 0.6) is 11.5 Å². The van der Waals surface area contributed by atoms with Gasteiger partial charge in [0.05, 0.1) is 26.2 Å². The van der Waals surface area contributed by atoms with E-state index in [2.05, 4.69) is 5.32 Å². The van der Waals surface area contributed by atoms with Crippen molar-refractivity contribution < 1.29 is 27.5 Å². The molecule has 0 saturated heterocycles. The number of sulfonamides is 1.